The molecule has 0 aromatic carbocycles. The van der Waals surface area contributed by atoms with Gasteiger partial charge in [-0.3, -0.25) is 4.79 Å². The van der Waals surface area contributed by atoms with Crippen LogP contribution in [0.4, 0.5) is 0 Å². The van der Waals surface area contributed by atoms with Gasteiger partial charge in [0, 0.05) is 6.42 Å². The molecule has 0 saturated heterocycles. The van der Waals surface area contributed by atoms with E-state index >= 15 is 0 Å². The van der Waals surface area contributed by atoms with E-state index in [2.05, 4.69) is 26.8 Å². The number of Topliss-reactive ketones (excluding diaryl/α,β-unsaturated/α-hetero) is 1. The molecule has 0 aromatic heterocycles. The fourth-order valence-corrected chi connectivity index (χ4v) is 3.54. The van der Waals surface area contributed by atoms with Crippen molar-refractivity contribution >= 4 is 5.78 Å². The van der Waals surface area contributed by atoms with Crippen LogP contribution in [0.2, 0.25) is 0 Å². The average Bonchev–Trinajstić information content (AvgIpc) is 2.16. The molecule has 1 fully saturated rings. The third kappa shape index (κ3) is 1.77. The second-order valence-corrected chi connectivity index (χ2v) is 5.69. The van der Waals surface area contributed by atoms with Crippen molar-refractivity contribution in [1.29, 1.82) is 0 Å². The number of carbonyl (C=O) groups excluding carboxylic acids is 1. The smallest absolute Gasteiger partial charge is 0.159 e. The molecule has 0 N–H and O–H groups in total. The minimum atomic E-state index is 0.271. The van der Waals surface area contributed by atoms with Gasteiger partial charge in [0.2, 0.25) is 0 Å². The summed E-state index contributed by atoms with van der Waals surface area (Å²) in [5, 5.41) is 0. The van der Waals surface area contributed by atoms with Gasteiger partial charge in [-0.2, -0.15) is 0 Å². The highest BCUT2D eigenvalue weighted by molar-refractivity contribution is 5.96. The number of hydrogen-bond acceptors (Lipinski definition) is 1. The second-order valence-electron chi connectivity index (χ2n) is 5.69. The summed E-state index contributed by atoms with van der Waals surface area (Å²) < 4.78 is 0. The van der Waals surface area contributed by atoms with E-state index in [0.717, 1.165) is 24.3 Å². The van der Waals surface area contributed by atoms with Crippen LogP contribution in [0.1, 0.15) is 52.9 Å². The van der Waals surface area contributed by atoms with E-state index in [1.54, 1.807) is 0 Å². The maximum absolute atomic E-state index is 11.9. The Hall–Kier alpha value is -0.590. The Labute approximate surface area is 92.9 Å². The Morgan fingerprint density at radius 2 is 2.27 bits per heavy atom. The summed E-state index contributed by atoms with van der Waals surface area (Å²) in [6, 6.07) is 0. The molecular formula is C14H22O. The average molecular weight is 206 g/mol. The van der Waals surface area contributed by atoms with Crippen LogP contribution in [-0.4, -0.2) is 5.78 Å². The van der Waals surface area contributed by atoms with Crippen LogP contribution < -0.4 is 0 Å². The molecule has 84 valence electrons. The lowest BCUT2D eigenvalue weighted by Crippen LogP contribution is -2.40. The SMILES string of the molecule is CCC1=CC2C(C)CCCC2(C)CC1=O. The summed E-state index contributed by atoms with van der Waals surface area (Å²) >= 11 is 0. The molecule has 2 aliphatic rings. The number of hydrogen-bond donors (Lipinski definition) is 0. The zero-order chi connectivity index (χ0) is 11.1. The third-order valence-corrected chi connectivity index (χ3v) is 4.51. The van der Waals surface area contributed by atoms with Gasteiger partial charge in [0.15, 0.2) is 5.78 Å². The first kappa shape index (κ1) is 10.9. The second kappa shape index (κ2) is 3.77. The Kier molecular flexibility index (Phi) is 2.74. The summed E-state index contributed by atoms with van der Waals surface area (Å²) in [6.07, 6.45) is 7.88. The van der Waals surface area contributed by atoms with E-state index in [-0.39, 0.29) is 5.41 Å². The van der Waals surface area contributed by atoms with E-state index in [0.29, 0.717) is 11.7 Å². The van der Waals surface area contributed by atoms with Crippen molar-refractivity contribution in [3.8, 4) is 0 Å². The molecule has 0 aromatic rings. The van der Waals surface area contributed by atoms with Gasteiger partial charge in [0.05, 0.1) is 0 Å². The van der Waals surface area contributed by atoms with E-state index < -0.39 is 0 Å². The zero-order valence-electron chi connectivity index (χ0n) is 10.2. The van der Waals surface area contributed by atoms with E-state index in [4.69, 9.17) is 0 Å². The maximum atomic E-state index is 11.9. The van der Waals surface area contributed by atoms with Crippen LogP contribution in [-0.2, 0) is 4.79 Å². The molecule has 15 heavy (non-hydrogen) atoms. The van der Waals surface area contributed by atoms with Crippen LogP contribution in [0.25, 0.3) is 0 Å². The highest BCUT2D eigenvalue weighted by Gasteiger charge is 2.43. The van der Waals surface area contributed by atoms with Gasteiger partial charge >= 0.3 is 0 Å². The maximum Gasteiger partial charge on any atom is 0.159 e. The van der Waals surface area contributed by atoms with E-state index in [1.807, 2.05) is 0 Å². The third-order valence-electron chi connectivity index (χ3n) is 4.51. The van der Waals surface area contributed by atoms with Gasteiger partial charge in [-0.05, 0) is 35.7 Å². The molecule has 0 heterocycles. The van der Waals surface area contributed by atoms with Crippen molar-refractivity contribution in [3.63, 3.8) is 0 Å². The molecule has 3 unspecified atom stereocenters. The van der Waals surface area contributed by atoms with Crippen LogP contribution in [0, 0.1) is 17.3 Å². The molecule has 3 atom stereocenters. The molecule has 1 nitrogen and oxygen atoms in total. The quantitative estimate of drug-likeness (QED) is 0.638. The predicted octanol–water partition coefficient (Wildman–Crippen LogP) is 3.74. The van der Waals surface area contributed by atoms with Crippen LogP contribution >= 0.6 is 0 Å². The molecule has 0 amide bonds. The summed E-state index contributed by atoms with van der Waals surface area (Å²) in [6.45, 7) is 6.76. The van der Waals surface area contributed by atoms with Crippen molar-refractivity contribution in [1.82, 2.24) is 0 Å². The fourth-order valence-electron chi connectivity index (χ4n) is 3.54. The Morgan fingerprint density at radius 3 is 2.93 bits per heavy atom. The molecule has 1 saturated carbocycles. The predicted molar refractivity (Wildman–Crippen MR) is 62.6 cm³/mol. The topological polar surface area (TPSA) is 17.1 Å². The number of carbonyl (C=O) groups is 1. The monoisotopic (exact) mass is 206 g/mol. The van der Waals surface area contributed by atoms with E-state index in [1.165, 1.54) is 19.3 Å². The zero-order valence-corrected chi connectivity index (χ0v) is 10.2. The van der Waals surface area contributed by atoms with Gasteiger partial charge in [0.25, 0.3) is 0 Å². The largest absolute Gasteiger partial charge is 0.295 e. The van der Waals surface area contributed by atoms with Crippen molar-refractivity contribution < 1.29 is 4.79 Å². The summed E-state index contributed by atoms with van der Waals surface area (Å²) in [5.41, 5.74) is 1.36. The molecule has 0 spiro atoms. The molecule has 0 bridgehead atoms. The minimum Gasteiger partial charge on any atom is -0.295 e. The van der Waals surface area contributed by atoms with Crippen molar-refractivity contribution in [2.75, 3.05) is 0 Å². The lowest BCUT2D eigenvalue weighted by Gasteiger charge is -2.46. The first-order valence-corrected chi connectivity index (χ1v) is 6.31. The first-order chi connectivity index (χ1) is 7.07. The lowest BCUT2D eigenvalue weighted by atomic mass is 9.58. The highest BCUT2D eigenvalue weighted by Crippen LogP contribution is 2.50. The summed E-state index contributed by atoms with van der Waals surface area (Å²) in [7, 11) is 0. The normalized spacial score (nSPS) is 41.0. The molecular weight excluding hydrogens is 184 g/mol. The van der Waals surface area contributed by atoms with Crippen LogP contribution in [0.15, 0.2) is 11.6 Å². The van der Waals surface area contributed by atoms with Crippen molar-refractivity contribution in [2.24, 2.45) is 17.3 Å². The minimum absolute atomic E-state index is 0.271. The van der Waals surface area contributed by atoms with Crippen LogP contribution in [0.5, 0.6) is 0 Å². The van der Waals surface area contributed by atoms with Gasteiger partial charge in [-0.25, -0.2) is 0 Å². The lowest BCUT2D eigenvalue weighted by molar-refractivity contribution is -0.120. The van der Waals surface area contributed by atoms with Gasteiger partial charge < -0.3 is 0 Å². The highest BCUT2D eigenvalue weighted by atomic mass is 16.1. The number of fused-ring (bicyclic) bond motifs is 1. The van der Waals surface area contributed by atoms with E-state index in [9.17, 15) is 4.79 Å². The number of rotatable bonds is 1. The van der Waals surface area contributed by atoms with Crippen molar-refractivity contribution in [3.05, 3.63) is 11.6 Å². The molecule has 2 aliphatic carbocycles. The molecule has 0 radical (unpaired) electrons. The first-order valence-electron chi connectivity index (χ1n) is 6.31. The Bertz CT molecular complexity index is 302. The van der Waals surface area contributed by atoms with Crippen molar-refractivity contribution in [2.45, 2.75) is 52.9 Å². The summed E-state index contributed by atoms with van der Waals surface area (Å²) in [4.78, 5) is 11.9. The standard InChI is InChI=1S/C14H22O/c1-4-11-8-12-10(2)6-5-7-14(12,3)9-13(11)15/h8,10,12H,4-7,9H2,1-3H3. The molecule has 1 heteroatoms. The Morgan fingerprint density at radius 1 is 1.53 bits per heavy atom. The number of allylic oxidation sites excluding steroid dienone is 2. The van der Waals surface area contributed by atoms with Gasteiger partial charge in [-0.15, -0.1) is 0 Å². The Balaban J connectivity index is 2.33. The van der Waals surface area contributed by atoms with Gasteiger partial charge in [-0.1, -0.05) is 39.7 Å². The van der Waals surface area contributed by atoms with Gasteiger partial charge in [0.1, 0.15) is 0 Å². The van der Waals surface area contributed by atoms with Crippen LogP contribution in [0.3, 0.4) is 0 Å². The molecule has 0 aliphatic heterocycles. The molecule has 2 rings (SSSR count). The number of ketones is 1. The summed E-state index contributed by atoms with van der Waals surface area (Å²) in [5.74, 6) is 1.82. The fraction of sp³-hybridized carbons (Fsp3) is 0.786.